The highest BCUT2D eigenvalue weighted by Crippen LogP contribution is 2.27. The molecule has 0 unspecified atom stereocenters. The van der Waals surface area contributed by atoms with Crippen molar-refractivity contribution in [1.29, 1.82) is 0 Å². The summed E-state index contributed by atoms with van der Waals surface area (Å²) in [4.78, 5) is 236. The van der Waals surface area contributed by atoms with E-state index in [4.69, 9.17) is 22.9 Å². The highest BCUT2D eigenvalue weighted by Gasteiger charge is 2.43. The van der Waals surface area contributed by atoms with Crippen LogP contribution in [0.25, 0.3) is 21.8 Å². The van der Waals surface area contributed by atoms with Crippen molar-refractivity contribution >= 4 is 116 Å². The summed E-state index contributed by atoms with van der Waals surface area (Å²) < 4.78 is 1.45. The molecule has 8 rings (SSSR count). The van der Waals surface area contributed by atoms with Crippen LogP contribution in [0.3, 0.4) is 0 Å². The van der Waals surface area contributed by atoms with Gasteiger partial charge in [-0.25, -0.2) is 9.78 Å². The molecule has 0 spiro atoms. The van der Waals surface area contributed by atoms with Crippen LogP contribution in [0.1, 0.15) is 171 Å². The molecule has 12 atom stereocenters. The fourth-order valence-corrected chi connectivity index (χ4v) is 15.3. The smallest absolute Gasteiger partial charge is 0.326 e. The number of primary amides is 2. The predicted octanol–water partition coefficient (Wildman–Crippen LogP) is 0.298. The third kappa shape index (κ3) is 28.2. The molecule has 0 saturated carbocycles. The number of para-hydroxylation sites is 2. The number of nitrogens with two attached hydrogens (primary N) is 4. The van der Waals surface area contributed by atoms with Crippen molar-refractivity contribution in [2.24, 2.45) is 34.8 Å². The molecule has 2 aliphatic heterocycles. The van der Waals surface area contributed by atoms with E-state index in [0.29, 0.717) is 82.7 Å². The number of aliphatic carboxylic acids is 1. The number of aromatic hydroxyl groups is 1. The topological polar surface area (TPSA) is 594 Å². The van der Waals surface area contributed by atoms with Crippen LogP contribution >= 0.6 is 0 Å². The third-order valence-corrected chi connectivity index (χ3v) is 21.7. The van der Waals surface area contributed by atoms with Gasteiger partial charge in [0.05, 0.1) is 30.1 Å². The molecule has 0 radical (unpaired) electrons. The number of amides is 14. The number of carboxylic acid groups (broad SMARTS) is 1. The summed E-state index contributed by atoms with van der Waals surface area (Å²) in [6, 6.07) is 3.76. The molecule has 22 N–H and O–H groups in total. The number of aromatic amines is 2. The van der Waals surface area contributed by atoms with E-state index in [1.807, 2.05) is 19.1 Å². The molecular formula is C85H118N20O18. The molecule has 666 valence electrons. The number of hydrogen-bond acceptors (Lipinski definition) is 20. The number of fused-ring (bicyclic) bond motifs is 2. The monoisotopic (exact) mass is 1710 g/mol. The molecule has 2 aliphatic rings. The van der Waals surface area contributed by atoms with Crippen LogP contribution in [0.5, 0.6) is 5.75 Å². The first kappa shape index (κ1) is 95.9. The molecule has 2 saturated heterocycles. The lowest BCUT2D eigenvalue weighted by molar-refractivity contribution is -0.144. The maximum Gasteiger partial charge on any atom is 0.326 e. The van der Waals surface area contributed by atoms with E-state index in [0.717, 1.165) is 0 Å². The zero-order chi connectivity index (χ0) is 89.7. The second-order valence-corrected chi connectivity index (χ2v) is 32.3. The fraction of sp³-hybridized carbons (Fsp3) is 0.518. The van der Waals surface area contributed by atoms with Crippen LogP contribution in [0, 0.1) is 11.8 Å². The van der Waals surface area contributed by atoms with E-state index < -0.39 is 187 Å². The number of phenolic OH excluding ortho intramolecular Hbond substituents is 1. The highest BCUT2D eigenvalue weighted by atomic mass is 16.4. The molecule has 3 aromatic heterocycles. The van der Waals surface area contributed by atoms with E-state index in [9.17, 15) is 82.1 Å². The number of aromatic nitrogens is 4. The molecular weight excluding hydrogens is 1590 g/mol. The number of carbonyl (C=O) groups is 16. The van der Waals surface area contributed by atoms with Crippen molar-refractivity contribution in [1.82, 2.24) is 82.5 Å². The van der Waals surface area contributed by atoms with Crippen LogP contribution in [0.2, 0.25) is 0 Å². The molecule has 6 aromatic rings. The summed E-state index contributed by atoms with van der Waals surface area (Å²) in [7, 11) is 0. The summed E-state index contributed by atoms with van der Waals surface area (Å²) in [6.07, 6.45) is 6.77. The minimum absolute atomic E-state index is 0.00484. The number of imidazole rings is 1. The molecule has 123 heavy (non-hydrogen) atoms. The fourth-order valence-electron chi connectivity index (χ4n) is 15.3. The molecule has 0 bridgehead atoms. The van der Waals surface area contributed by atoms with Gasteiger partial charge in [0, 0.05) is 87.0 Å². The Morgan fingerprint density at radius 1 is 0.528 bits per heavy atom. The Morgan fingerprint density at radius 2 is 1.03 bits per heavy atom. The molecule has 5 heterocycles. The summed E-state index contributed by atoms with van der Waals surface area (Å²) in [6.45, 7) is 9.85. The summed E-state index contributed by atoms with van der Waals surface area (Å²) in [5.74, 6) is -13.8. The maximum atomic E-state index is 15.1. The Morgan fingerprint density at radius 3 is 1.60 bits per heavy atom. The van der Waals surface area contributed by atoms with Gasteiger partial charge in [0.2, 0.25) is 88.6 Å². The summed E-state index contributed by atoms with van der Waals surface area (Å²) >= 11 is 0. The second kappa shape index (κ2) is 46.4. The van der Waals surface area contributed by atoms with Crippen molar-refractivity contribution in [3.8, 4) is 5.75 Å². The molecule has 3 aromatic carbocycles. The minimum atomic E-state index is -1.59. The number of carboxylic acids is 1. The van der Waals surface area contributed by atoms with Gasteiger partial charge < -0.3 is 106 Å². The van der Waals surface area contributed by atoms with Gasteiger partial charge >= 0.3 is 5.97 Å². The number of likely N-dealkylation sites (tertiary alicyclic amines) is 2. The number of phenols is 1. The van der Waals surface area contributed by atoms with E-state index >= 15 is 4.79 Å². The normalized spacial score (nSPS) is 16.3. The average molecular weight is 1710 g/mol. The van der Waals surface area contributed by atoms with E-state index in [2.05, 4.69) is 68.1 Å². The second-order valence-electron chi connectivity index (χ2n) is 32.3. The number of carbonyl (C=O) groups excluding carboxylic acids is 15. The number of nitrogens with zero attached hydrogens (tertiary/aromatic N) is 4. The van der Waals surface area contributed by atoms with Crippen molar-refractivity contribution < 1.29 is 86.9 Å². The summed E-state index contributed by atoms with van der Waals surface area (Å²) in [5.41, 5.74) is 27.0. The number of rotatable bonds is 48. The Balaban J connectivity index is 0.932. The molecule has 0 aliphatic carbocycles. The van der Waals surface area contributed by atoms with Gasteiger partial charge in [-0.05, 0) is 143 Å². The Bertz CT molecular complexity index is 4720. The van der Waals surface area contributed by atoms with Crippen LogP contribution in [0.15, 0.2) is 97.7 Å². The average Bonchev–Trinajstić information content (AvgIpc) is 1.63. The molecule has 2 fully saturated rings. The first-order chi connectivity index (χ1) is 58.6. The standard InChI is InChI=1S/C85H118N20O18/c1-7-8-19-59(75(112)102-67(85(122)123)38-50-25-27-54(107)28-26-50)96-82(119)70-24-16-35-104(70)84(121)62(30-32-72(89)109)94-73(110)44-92-81(118)69-23-15-34-103(69)83(120)61(21-13-14-33-86)97-78(115)64(37-48(4)5)99-76(113)60(29-31-71(88)108)95-77(114)63(36-47(2)3)100-79(116)65(40-51-42-91-58-20-11-9-17-55(51)58)101-80(117)66(41-53-43-90-46-93-53)98-74(111)57(87)39-52-45-105(49(6)106)68-22-12-10-18-56(52)68/h9-12,17-18,20,22,25-28,42-43,45-48,57,59-67,69-70,91,107H,7-8,13-16,19,21,23-24,29-41,44,86-87H2,1-6H3,(H2,88,108)(H2,89,109)(H,90,93)(H,92,118)(H,94,110)(H,95,114)(H,96,119)(H,97,115)(H,98,111)(H,99,113)(H,100,116)(H,101,117)(H,102,112)(H,122,123)/t57-,59-,60-,61-,62-,63-,64-,65-,66-,67-,69-,70-/m0/s1. The maximum absolute atomic E-state index is 15.1. The van der Waals surface area contributed by atoms with Crippen LogP contribution in [0.4, 0.5) is 0 Å². The van der Waals surface area contributed by atoms with Crippen molar-refractivity contribution in [3.63, 3.8) is 0 Å². The van der Waals surface area contributed by atoms with Crippen LogP contribution < -0.4 is 76.1 Å². The number of unbranched alkanes of at least 4 members (excludes halogenated alkanes) is 2. The number of H-pyrrole nitrogens is 2. The van der Waals surface area contributed by atoms with Crippen molar-refractivity contribution in [3.05, 3.63) is 120 Å². The first-order valence-corrected chi connectivity index (χ1v) is 41.9. The van der Waals surface area contributed by atoms with Crippen molar-refractivity contribution in [2.45, 2.75) is 242 Å². The molecule has 14 amide bonds. The predicted molar refractivity (Wildman–Crippen MR) is 452 cm³/mol. The molecule has 38 nitrogen and oxygen atoms in total. The lowest BCUT2D eigenvalue weighted by Crippen LogP contribution is -2.61. The highest BCUT2D eigenvalue weighted by molar-refractivity contribution is 6.01. The van der Waals surface area contributed by atoms with Gasteiger partial charge in [0.1, 0.15) is 72.2 Å². The minimum Gasteiger partial charge on any atom is -0.508 e. The summed E-state index contributed by atoms with van der Waals surface area (Å²) in [5, 5.41) is 48.0. The van der Waals surface area contributed by atoms with Crippen molar-refractivity contribution in [2.75, 3.05) is 26.2 Å². The van der Waals surface area contributed by atoms with Gasteiger partial charge in [-0.2, -0.15) is 0 Å². The Kier molecular flexibility index (Phi) is 36.2. The zero-order valence-corrected chi connectivity index (χ0v) is 70.3. The van der Waals surface area contributed by atoms with Gasteiger partial charge in [0.15, 0.2) is 0 Å². The lowest BCUT2D eigenvalue weighted by atomic mass is 9.99. The lowest BCUT2D eigenvalue weighted by Gasteiger charge is -2.31. The van der Waals surface area contributed by atoms with E-state index in [1.54, 1.807) is 76.5 Å². The van der Waals surface area contributed by atoms with Crippen LogP contribution in [-0.2, 0) is 97.6 Å². The van der Waals surface area contributed by atoms with Gasteiger partial charge in [-0.15, -0.1) is 0 Å². The number of nitrogens with one attached hydrogen (secondary N) is 12. The van der Waals surface area contributed by atoms with Gasteiger partial charge in [0.25, 0.3) is 0 Å². The first-order valence-electron chi connectivity index (χ1n) is 41.9. The van der Waals surface area contributed by atoms with E-state index in [1.165, 1.54) is 58.1 Å². The Hall–Kier alpha value is -12.6. The quantitative estimate of drug-likeness (QED) is 0.0228. The van der Waals surface area contributed by atoms with Gasteiger partial charge in [-0.1, -0.05) is 96.0 Å². The molecule has 38 heteroatoms. The van der Waals surface area contributed by atoms with E-state index in [-0.39, 0.29) is 114 Å². The number of hydrogen-bond donors (Lipinski definition) is 18. The zero-order valence-electron chi connectivity index (χ0n) is 70.3. The Labute approximate surface area is 711 Å². The SMILES string of the molecule is CCCC[C@H](NC(=O)[C@@H]1CCCN1C(=O)[C@H](CCC(N)=O)NC(=O)CNC(=O)[C@@H]1CCCN1C(=O)[C@H](CCCCN)NC(=O)[C@H](CC(C)C)NC(=O)[C@H](CCC(N)=O)NC(=O)[C@H](CC(C)C)NC(=O)[C@H](Cc1c[nH]c2ccccc12)NC(=O)[C@H](Cc1c[nH]cn1)NC(=O)[C@@H](N)Cc1cn(C(C)=O)c2ccccc12)C(=O)N[C@@H](Cc1ccc(O)cc1)C(=O)O. The van der Waals surface area contributed by atoms with Gasteiger partial charge in [-0.3, -0.25) is 76.5 Å². The largest absolute Gasteiger partial charge is 0.508 e. The number of benzene rings is 3. The van der Waals surface area contributed by atoms with Crippen LogP contribution in [-0.4, -0.2) is 233 Å². The third-order valence-electron chi connectivity index (χ3n) is 21.7.